The van der Waals surface area contributed by atoms with Gasteiger partial charge in [0.15, 0.2) is 0 Å². The third kappa shape index (κ3) is 4.57. The number of nitrogens with one attached hydrogen (secondary N) is 1. The van der Waals surface area contributed by atoms with Gasteiger partial charge in [-0.15, -0.1) is 0 Å². The summed E-state index contributed by atoms with van der Waals surface area (Å²) in [7, 11) is 0. The number of aldehydes is 1. The normalized spacial score (nSPS) is 21.2. The molecule has 32 heavy (non-hydrogen) atoms. The molecule has 2 atom stereocenters. The third-order valence-electron chi connectivity index (χ3n) is 6.42. The second-order valence-corrected chi connectivity index (χ2v) is 9.09. The highest BCUT2D eigenvalue weighted by molar-refractivity contribution is 6.32. The van der Waals surface area contributed by atoms with Crippen molar-refractivity contribution >= 4 is 17.9 Å². The molecule has 1 aliphatic carbocycles. The minimum absolute atomic E-state index is 0.256. The fraction of sp³-hybridized carbons (Fsp3) is 0.400. The molecular weight excluding hydrogens is 426 g/mol. The molecule has 2 heterocycles. The van der Waals surface area contributed by atoms with Crippen LogP contribution in [0.2, 0.25) is 5.02 Å². The van der Waals surface area contributed by atoms with Crippen LogP contribution in [0.15, 0.2) is 47.0 Å². The van der Waals surface area contributed by atoms with Crippen LogP contribution in [0.5, 0.6) is 5.75 Å². The Hall–Kier alpha value is -2.70. The molecule has 2 aromatic carbocycles. The van der Waals surface area contributed by atoms with Crippen molar-refractivity contribution in [3.05, 3.63) is 53.1 Å². The largest absolute Gasteiger partial charge is 0.489 e. The molecule has 2 unspecified atom stereocenters. The van der Waals surface area contributed by atoms with Crippen LogP contribution >= 0.6 is 11.6 Å². The number of rotatable bonds is 7. The number of ether oxygens (including phenoxy) is 1. The summed E-state index contributed by atoms with van der Waals surface area (Å²) in [5.41, 5.74) is 2.86. The van der Waals surface area contributed by atoms with Gasteiger partial charge in [0, 0.05) is 23.6 Å². The molecule has 1 aliphatic heterocycles. The van der Waals surface area contributed by atoms with Gasteiger partial charge in [-0.05, 0) is 68.3 Å². The lowest BCUT2D eigenvalue weighted by molar-refractivity contribution is -0.108. The third-order valence-corrected chi connectivity index (χ3v) is 6.72. The molecule has 2 aliphatic rings. The predicted molar refractivity (Wildman–Crippen MR) is 123 cm³/mol. The molecule has 6 nitrogen and oxygen atoms in total. The first-order valence-electron chi connectivity index (χ1n) is 11.3. The molecule has 5 rings (SSSR count). The quantitative estimate of drug-likeness (QED) is 0.470. The highest BCUT2D eigenvalue weighted by Crippen LogP contribution is 2.34. The molecule has 1 saturated carbocycles. The molecule has 166 valence electrons. The summed E-state index contributed by atoms with van der Waals surface area (Å²) >= 11 is 6.45. The fourth-order valence-corrected chi connectivity index (χ4v) is 4.84. The Morgan fingerprint density at radius 3 is 2.66 bits per heavy atom. The minimum atomic E-state index is 0.256. The first-order chi connectivity index (χ1) is 15.7. The second-order valence-electron chi connectivity index (χ2n) is 8.68. The van der Waals surface area contributed by atoms with Gasteiger partial charge < -0.3 is 19.4 Å². The Morgan fingerprint density at radius 1 is 1.12 bits per heavy atom. The van der Waals surface area contributed by atoms with Crippen LogP contribution in [-0.4, -0.2) is 29.1 Å². The number of benzene rings is 2. The molecule has 1 aromatic heterocycles. The monoisotopic (exact) mass is 451 g/mol. The summed E-state index contributed by atoms with van der Waals surface area (Å²) < 4.78 is 11.5. The molecule has 1 N–H and O–H groups in total. The van der Waals surface area contributed by atoms with Gasteiger partial charge in [-0.3, -0.25) is 0 Å². The van der Waals surface area contributed by atoms with E-state index in [9.17, 15) is 4.79 Å². The van der Waals surface area contributed by atoms with E-state index in [0.717, 1.165) is 43.2 Å². The second kappa shape index (κ2) is 9.43. The van der Waals surface area contributed by atoms with Crippen molar-refractivity contribution in [1.29, 1.82) is 0 Å². The number of hydrogen-bond donors (Lipinski definition) is 1. The van der Waals surface area contributed by atoms with E-state index in [1.807, 2.05) is 30.3 Å². The molecular formula is C25H26ClN3O3. The van der Waals surface area contributed by atoms with Crippen LogP contribution in [0.3, 0.4) is 0 Å². The van der Waals surface area contributed by atoms with E-state index in [-0.39, 0.29) is 12.1 Å². The van der Waals surface area contributed by atoms with E-state index in [1.165, 1.54) is 18.4 Å². The van der Waals surface area contributed by atoms with Crippen LogP contribution in [0.1, 0.15) is 50.1 Å². The Morgan fingerprint density at radius 2 is 1.91 bits per heavy atom. The first-order valence-corrected chi connectivity index (χ1v) is 11.6. The smallest absolute Gasteiger partial charge is 0.258 e. The lowest BCUT2D eigenvalue weighted by Crippen LogP contribution is -2.13. The maximum absolute atomic E-state index is 10.8. The maximum atomic E-state index is 10.8. The summed E-state index contributed by atoms with van der Waals surface area (Å²) in [6.45, 7) is 0.881. The highest BCUT2D eigenvalue weighted by atomic mass is 35.5. The number of carbonyl (C=O) groups is 1. The van der Waals surface area contributed by atoms with E-state index < -0.39 is 0 Å². The number of carbonyl (C=O) groups excluding carboxylic acids is 1. The van der Waals surface area contributed by atoms with Crippen LogP contribution in [0.25, 0.3) is 22.8 Å². The summed E-state index contributed by atoms with van der Waals surface area (Å²) in [5, 5.41) is 8.19. The van der Waals surface area contributed by atoms with E-state index in [1.54, 1.807) is 0 Å². The molecule has 2 fully saturated rings. The molecule has 0 radical (unpaired) electrons. The topological polar surface area (TPSA) is 77.2 Å². The van der Waals surface area contributed by atoms with Crippen molar-refractivity contribution < 1.29 is 14.1 Å². The molecule has 7 heteroatoms. The highest BCUT2D eigenvalue weighted by Gasteiger charge is 2.25. The van der Waals surface area contributed by atoms with Crippen molar-refractivity contribution in [1.82, 2.24) is 15.5 Å². The summed E-state index contributed by atoms with van der Waals surface area (Å²) in [6, 6.07) is 14.0. The average Bonchev–Trinajstić information content (AvgIpc) is 3.58. The minimum Gasteiger partial charge on any atom is -0.489 e. The van der Waals surface area contributed by atoms with E-state index in [2.05, 4.69) is 27.6 Å². The Labute approximate surface area is 192 Å². The number of halogens is 1. The molecule has 1 saturated heterocycles. The summed E-state index contributed by atoms with van der Waals surface area (Å²) in [6.07, 6.45) is 7.45. The number of hydrogen-bond acceptors (Lipinski definition) is 6. The van der Waals surface area contributed by atoms with E-state index in [0.29, 0.717) is 34.8 Å². The standard InChI is InChI=1S/C25H26ClN3O3/c26-21-14-19(9-10-23(21)31-20-3-1-2-4-20)25-28-24(29-32-25)18-7-5-17(6-8-18)22-13-16(11-12-30)15-27-22/h5-10,12,14,16,20,22,27H,1-4,11,13,15H2. The van der Waals surface area contributed by atoms with Crippen molar-refractivity contribution in [3.8, 4) is 28.6 Å². The van der Waals surface area contributed by atoms with Crippen LogP contribution in [0.4, 0.5) is 0 Å². The maximum Gasteiger partial charge on any atom is 0.258 e. The summed E-state index contributed by atoms with van der Waals surface area (Å²) in [4.78, 5) is 15.3. The first kappa shape index (κ1) is 21.2. The van der Waals surface area contributed by atoms with Crippen LogP contribution in [0, 0.1) is 5.92 Å². The van der Waals surface area contributed by atoms with Gasteiger partial charge in [-0.1, -0.05) is 41.0 Å². The zero-order valence-electron chi connectivity index (χ0n) is 17.8. The zero-order valence-corrected chi connectivity index (χ0v) is 18.6. The fourth-order valence-electron chi connectivity index (χ4n) is 4.62. The molecule has 0 amide bonds. The van der Waals surface area contributed by atoms with E-state index in [4.69, 9.17) is 20.9 Å². The van der Waals surface area contributed by atoms with Crippen molar-refractivity contribution in [2.24, 2.45) is 5.92 Å². The average molecular weight is 452 g/mol. The molecule has 0 spiro atoms. The lowest BCUT2D eigenvalue weighted by atomic mass is 9.97. The number of nitrogens with zero attached hydrogens (tertiary/aromatic N) is 2. The Kier molecular flexibility index (Phi) is 6.23. The number of aromatic nitrogens is 2. The van der Waals surface area contributed by atoms with Gasteiger partial charge in [-0.25, -0.2) is 0 Å². The van der Waals surface area contributed by atoms with Gasteiger partial charge in [-0.2, -0.15) is 4.98 Å². The molecule has 3 aromatic rings. The lowest BCUT2D eigenvalue weighted by Gasteiger charge is -2.14. The van der Waals surface area contributed by atoms with Gasteiger partial charge >= 0.3 is 0 Å². The van der Waals surface area contributed by atoms with Gasteiger partial charge in [0.2, 0.25) is 5.82 Å². The van der Waals surface area contributed by atoms with E-state index >= 15 is 0 Å². The van der Waals surface area contributed by atoms with Crippen molar-refractivity contribution in [3.63, 3.8) is 0 Å². The van der Waals surface area contributed by atoms with Crippen molar-refractivity contribution in [2.45, 2.75) is 50.7 Å². The van der Waals surface area contributed by atoms with Crippen molar-refractivity contribution in [2.75, 3.05) is 6.54 Å². The van der Waals surface area contributed by atoms with Crippen LogP contribution < -0.4 is 10.1 Å². The zero-order chi connectivity index (χ0) is 21.9. The Bertz CT molecular complexity index is 1080. The summed E-state index contributed by atoms with van der Waals surface area (Å²) in [5.74, 6) is 2.08. The van der Waals surface area contributed by atoms with Gasteiger partial charge in [0.05, 0.1) is 11.1 Å². The predicted octanol–water partition coefficient (Wildman–Crippen LogP) is 5.62. The van der Waals surface area contributed by atoms with Gasteiger partial charge in [0.1, 0.15) is 12.0 Å². The molecule has 0 bridgehead atoms. The van der Waals surface area contributed by atoms with Crippen LogP contribution in [-0.2, 0) is 4.79 Å². The van der Waals surface area contributed by atoms with Gasteiger partial charge in [0.25, 0.3) is 5.89 Å². The SMILES string of the molecule is O=CCC1CNC(c2ccc(-c3noc(-c4ccc(OC5CCCC5)c(Cl)c4)n3)cc2)C1. The Balaban J connectivity index is 1.27.